The Kier molecular flexibility index (Phi) is 3.32. The molecule has 0 spiro atoms. The van der Waals surface area contributed by atoms with Crippen molar-refractivity contribution in [2.24, 2.45) is 0 Å². The van der Waals surface area contributed by atoms with Gasteiger partial charge in [-0.25, -0.2) is 0 Å². The molecule has 0 amide bonds. The summed E-state index contributed by atoms with van der Waals surface area (Å²) < 4.78 is 0. The van der Waals surface area contributed by atoms with Crippen LogP contribution >= 0.6 is 23.2 Å². The predicted octanol–water partition coefficient (Wildman–Crippen LogP) is 3.59. The molecule has 3 heteroatoms. The van der Waals surface area contributed by atoms with Gasteiger partial charge in [-0.05, 0) is 37.6 Å². The predicted molar refractivity (Wildman–Crippen MR) is 61.0 cm³/mol. The van der Waals surface area contributed by atoms with Crippen LogP contribution in [0, 0.1) is 0 Å². The van der Waals surface area contributed by atoms with Gasteiger partial charge < -0.3 is 0 Å². The summed E-state index contributed by atoms with van der Waals surface area (Å²) in [5.74, 6) is 0. The summed E-state index contributed by atoms with van der Waals surface area (Å²) >= 11 is 12.1. The lowest BCUT2D eigenvalue weighted by Crippen LogP contribution is -2.18. The van der Waals surface area contributed by atoms with Crippen molar-refractivity contribution in [3.8, 4) is 0 Å². The van der Waals surface area contributed by atoms with Crippen LogP contribution in [0.1, 0.15) is 18.4 Å². The van der Waals surface area contributed by atoms with E-state index in [1.165, 1.54) is 25.9 Å². The second-order valence-corrected chi connectivity index (χ2v) is 4.48. The smallest absolute Gasteiger partial charge is 0.0637 e. The van der Waals surface area contributed by atoms with Crippen LogP contribution in [-0.2, 0) is 6.54 Å². The van der Waals surface area contributed by atoms with Crippen molar-refractivity contribution in [3.05, 3.63) is 33.8 Å². The molecule has 0 bridgehead atoms. The minimum Gasteiger partial charge on any atom is -0.299 e. The summed E-state index contributed by atoms with van der Waals surface area (Å²) in [5.41, 5.74) is 1.14. The molecule has 0 N–H and O–H groups in total. The van der Waals surface area contributed by atoms with Crippen LogP contribution in [0.4, 0.5) is 0 Å². The number of halogens is 2. The van der Waals surface area contributed by atoms with Crippen molar-refractivity contribution in [1.29, 1.82) is 0 Å². The first kappa shape index (κ1) is 10.3. The zero-order valence-corrected chi connectivity index (χ0v) is 9.48. The Hall–Kier alpha value is -0.240. The minimum atomic E-state index is 0.656. The van der Waals surface area contributed by atoms with Crippen LogP contribution in [0.5, 0.6) is 0 Å². The molecule has 0 unspecified atom stereocenters. The molecule has 14 heavy (non-hydrogen) atoms. The monoisotopic (exact) mass is 229 g/mol. The van der Waals surface area contributed by atoms with Crippen molar-refractivity contribution in [1.82, 2.24) is 4.90 Å². The van der Waals surface area contributed by atoms with Crippen LogP contribution < -0.4 is 0 Å². The fraction of sp³-hybridized carbons (Fsp3) is 0.455. The van der Waals surface area contributed by atoms with E-state index in [4.69, 9.17) is 23.2 Å². The molecular formula is C11H13Cl2N. The zero-order chi connectivity index (χ0) is 9.97. The molecule has 1 aromatic carbocycles. The maximum absolute atomic E-state index is 6.11. The van der Waals surface area contributed by atoms with Crippen LogP contribution in [0.3, 0.4) is 0 Å². The Bertz CT molecular complexity index is 319. The highest BCUT2D eigenvalue weighted by Gasteiger charge is 2.13. The third kappa shape index (κ3) is 2.22. The summed E-state index contributed by atoms with van der Waals surface area (Å²) in [6, 6.07) is 5.84. The highest BCUT2D eigenvalue weighted by Crippen LogP contribution is 2.27. The van der Waals surface area contributed by atoms with E-state index >= 15 is 0 Å². The van der Waals surface area contributed by atoms with Crippen molar-refractivity contribution in [2.45, 2.75) is 19.4 Å². The van der Waals surface area contributed by atoms with E-state index < -0.39 is 0 Å². The van der Waals surface area contributed by atoms with E-state index in [0.29, 0.717) is 10.0 Å². The minimum absolute atomic E-state index is 0.656. The van der Waals surface area contributed by atoms with E-state index in [2.05, 4.69) is 4.90 Å². The fourth-order valence-corrected chi connectivity index (χ4v) is 2.23. The molecule has 2 rings (SSSR count). The molecule has 1 heterocycles. The number of likely N-dealkylation sites (tertiary alicyclic amines) is 1. The normalized spacial score (nSPS) is 17.6. The molecule has 0 atom stereocenters. The van der Waals surface area contributed by atoms with Crippen molar-refractivity contribution in [2.75, 3.05) is 13.1 Å². The third-order valence-electron chi connectivity index (χ3n) is 2.62. The van der Waals surface area contributed by atoms with E-state index in [9.17, 15) is 0 Å². The molecule has 1 aliphatic rings. The quantitative estimate of drug-likeness (QED) is 0.750. The van der Waals surface area contributed by atoms with E-state index in [1.807, 2.05) is 18.2 Å². The van der Waals surface area contributed by atoms with E-state index in [1.54, 1.807) is 0 Å². The highest BCUT2D eigenvalue weighted by atomic mass is 35.5. The van der Waals surface area contributed by atoms with Gasteiger partial charge in [0.15, 0.2) is 0 Å². The number of hydrogen-bond acceptors (Lipinski definition) is 1. The average molecular weight is 230 g/mol. The zero-order valence-electron chi connectivity index (χ0n) is 7.97. The van der Waals surface area contributed by atoms with Gasteiger partial charge in [0.25, 0.3) is 0 Å². The van der Waals surface area contributed by atoms with Crippen LogP contribution in [0.15, 0.2) is 18.2 Å². The van der Waals surface area contributed by atoms with Gasteiger partial charge in [-0.15, -0.1) is 0 Å². The summed E-state index contributed by atoms with van der Waals surface area (Å²) in [6.07, 6.45) is 2.61. The molecule has 0 aliphatic carbocycles. The average Bonchev–Trinajstić information content (AvgIpc) is 2.66. The maximum atomic E-state index is 6.11. The lowest BCUT2D eigenvalue weighted by atomic mass is 10.2. The Labute approximate surface area is 94.6 Å². The van der Waals surface area contributed by atoms with Gasteiger partial charge in [0.1, 0.15) is 0 Å². The number of benzene rings is 1. The largest absolute Gasteiger partial charge is 0.299 e. The first-order valence-electron chi connectivity index (χ1n) is 4.92. The molecule has 1 aromatic rings. The number of rotatable bonds is 2. The Morgan fingerprint density at radius 3 is 2.57 bits per heavy atom. The fourth-order valence-electron chi connectivity index (χ4n) is 1.85. The number of nitrogens with zero attached hydrogens (tertiary/aromatic N) is 1. The summed E-state index contributed by atoms with van der Waals surface area (Å²) in [4.78, 5) is 2.41. The Morgan fingerprint density at radius 2 is 1.86 bits per heavy atom. The summed E-state index contributed by atoms with van der Waals surface area (Å²) in [6.45, 7) is 3.30. The third-order valence-corrected chi connectivity index (χ3v) is 3.48. The molecule has 0 aromatic heterocycles. The van der Waals surface area contributed by atoms with Gasteiger partial charge in [0.2, 0.25) is 0 Å². The summed E-state index contributed by atoms with van der Waals surface area (Å²) in [5, 5.41) is 1.37. The number of hydrogen-bond donors (Lipinski definition) is 0. The van der Waals surface area contributed by atoms with Crippen molar-refractivity contribution in [3.63, 3.8) is 0 Å². The summed E-state index contributed by atoms with van der Waals surface area (Å²) in [7, 11) is 0. The molecule has 1 nitrogen and oxygen atoms in total. The Balaban J connectivity index is 2.11. The second-order valence-electron chi connectivity index (χ2n) is 3.70. The highest BCUT2D eigenvalue weighted by molar-refractivity contribution is 6.42. The SMILES string of the molecule is Clc1cccc(CN2CCCC2)c1Cl. The van der Waals surface area contributed by atoms with Crippen LogP contribution in [0.25, 0.3) is 0 Å². The van der Waals surface area contributed by atoms with Gasteiger partial charge >= 0.3 is 0 Å². The van der Waals surface area contributed by atoms with Gasteiger partial charge in [-0.2, -0.15) is 0 Å². The topological polar surface area (TPSA) is 3.24 Å². The van der Waals surface area contributed by atoms with Crippen molar-refractivity contribution >= 4 is 23.2 Å². The lowest BCUT2D eigenvalue weighted by Gasteiger charge is -2.15. The molecule has 0 radical (unpaired) electrons. The Morgan fingerprint density at radius 1 is 1.14 bits per heavy atom. The molecule has 1 saturated heterocycles. The second kappa shape index (κ2) is 4.52. The van der Waals surface area contributed by atoms with E-state index in [0.717, 1.165) is 12.1 Å². The molecule has 76 valence electrons. The van der Waals surface area contributed by atoms with Crippen molar-refractivity contribution < 1.29 is 0 Å². The standard InChI is InChI=1S/C11H13Cl2N/c12-10-5-3-4-9(11(10)13)8-14-6-1-2-7-14/h3-5H,1-2,6-8H2. The first-order valence-corrected chi connectivity index (χ1v) is 5.68. The molecule has 1 fully saturated rings. The van der Waals surface area contributed by atoms with Gasteiger partial charge in [0.05, 0.1) is 10.0 Å². The van der Waals surface area contributed by atoms with Gasteiger partial charge in [-0.3, -0.25) is 4.90 Å². The molecule has 1 aliphatic heterocycles. The van der Waals surface area contributed by atoms with Crippen LogP contribution in [-0.4, -0.2) is 18.0 Å². The van der Waals surface area contributed by atoms with E-state index in [-0.39, 0.29) is 0 Å². The van der Waals surface area contributed by atoms with Gasteiger partial charge in [0, 0.05) is 6.54 Å². The first-order chi connectivity index (χ1) is 6.77. The van der Waals surface area contributed by atoms with Gasteiger partial charge in [-0.1, -0.05) is 35.3 Å². The van der Waals surface area contributed by atoms with Crippen LogP contribution in [0.2, 0.25) is 10.0 Å². The molecular weight excluding hydrogens is 217 g/mol. The molecule has 0 saturated carbocycles. The lowest BCUT2D eigenvalue weighted by molar-refractivity contribution is 0.331. The maximum Gasteiger partial charge on any atom is 0.0637 e.